The predicted octanol–water partition coefficient (Wildman–Crippen LogP) is 3.77. The van der Waals surface area contributed by atoms with Crippen LogP contribution in [0.5, 0.6) is 11.5 Å². The summed E-state index contributed by atoms with van der Waals surface area (Å²) in [7, 11) is -2.97. The van der Waals surface area contributed by atoms with Crippen molar-refractivity contribution in [1.82, 2.24) is 20.3 Å². The van der Waals surface area contributed by atoms with Gasteiger partial charge in [-0.25, -0.2) is 28.3 Å². The Labute approximate surface area is 242 Å². The monoisotopic (exact) mass is 624 g/mol. The van der Waals surface area contributed by atoms with Gasteiger partial charge in [-0.3, -0.25) is 9.32 Å². The van der Waals surface area contributed by atoms with Gasteiger partial charge < -0.3 is 35.2 Å². The number of aromatic nitrogens is 3. The van der Waals surface area contributed by atoms with Crippen LogP contribution in [0, 0.1) is 11.6 Å². The molecule has 0 aliphatic heterocycles. The lowest BCUT2D eigenvalue weighted by Gasteiger charge is -2.13. The van der Waals surface area contributed by atoms with E-state index in [-0.39, 0.29) is 25.3 Å². The minimum absolute atomic E-state index is 0.0922. The molecule has 42 heavy (non-hydrogen) atoms. The Morgan fingerprint density at radius 1 is 1.10 bits per heavy atom. The Hall–Kier alpha value is -3.79. The molecule has 5 N–H and O–H groups in total. The van der Waals surface area contributed by atoms with Crippen LogP contribution in [-0.4, -0.2) is 64.1 Å². The van der Waals surface area contributed by atoms with E-state index < -0.39 is 25.4 Å². The first-order chi connectivity index (χ1) is 20.1. The summed E-state index contributed by atoms with van der Waals surface area (Å²) in [5, 5.41) is 9.55. The first kappa shape index (κ1) is 31.2. The highest BCUT2D eigenvalue weighted by Gasteiger charge is 2.16. The van der Waals surface area contributed by atoms with E-state index in [9.17, 15) is 18.1 Å². The van der Waals surface area contributed by atoms with Crippen LogP contribution in [0.3, 0.4) is 0 Å². The number of phosphoric ester groups is 1. The summed E-state index contributed by atoms with van der Waals surface area (Å²) in [6.45, 7) is 1.04. The molecule has 17 heteroatoms. The number of benzene rings is 2. The van der Waals surface area contributed by atoms with Gasteiger partial charge in [0.2, 0.25) is 5.91 Å². The Morgan fingerprint density at radius 3 is 2.71 bits per heavy atom. The van der Waals surface area contributed by atoms with Gasteiger partial charge in [-0.1, -0.05) is 6.07 Å². The molecule has 0 radical (unpaired) electrons. The molecule has 4 rings (SSSR count). The van der Waals surface area contributed by atoms with Crippen LogP contribution >= 0.6 is 19.2 Å². The summed E-state index contributed by atoms with van der Waals surface area (Å²) in [4.78, 5) is 43.2. The zero-order valence-corrected chi connectivity index (χ0v) is 23.9. The van der Waals surface area contributed by atoms with Crippen LogP contribution in [0.15, 0.2) is 42.9 Å². The lowest BCUT2D eigenvalue weighted by atomic mass is 10.2. The second kappa shape index (κ2) is 14.4. The number of thiazole rings is 1. The first-order valence-corrected chi connectivity index (χ1v) is 14.8. The number of methoxy groups -OCH3 is 1. The van der Waals surface area contributed by atoms with E-state index in [0.29, 0.717) is 57.8 Å². The van der Waals surface area contributed by atoms with Crippen LogP contribution in [-0.2, 0) is 20.3 Å². The Morgan fingerprint density at radius 2 is 1.93 bits per heavy atom. The minimum atomic E-state index is -4.47. The molecule has 0 unspecified atom stereocenters. The molecule has 0 bridgehead atoms. The lowest BCUT2D eigenvalue weighted by Crippen LogP contribution is -2.21. The molecule has 2 heterocycles. The van der Waals surface area contributed by atoms with Gasteiger partial charge in [-0.15, -0.1) is 11.3 Å². The fourth-order valence-corrected chi connectivity index (χ4v) is 4.82. The number of phosphoric acid groups is 1. The molecule has 0 saturated carbocycles. The molecule has 13 nitrogen and oxygen atoms in total. The predicted molar refractivity (Wildman–Crippen MR) is 151 cm³/mol. The first-order valence-electron chi connectivity index (χ1n) is 12.4. The van der Waals surface area contributed by atoms with E-state index in [1.807, 2.05) is 0 Å². The van der Waals surface area contributed by atoms with Crippen molar-refractivity contribution < 1.29 is 41.9 Å². The number of carbonyl (C=O) groups excluding carboxylic acids is 1. The lowest BCUT2D eigenvalue weighted by molar-refractivity contribution is -0.115. The number of hydrogen-bond donors (Lipinski definition) is 5. The molecule has 4 aromatic rings. The van der Waals surface area contributed by atoms with Crippen LogP contribution in [0.4, 0.5) is 25.4 Å². The van der Waals surface area contributed by atoms with Crippen molar-refractivity contribution in [2.75, 3.05) is 44.0 Å². The van der Waals surface area contributed by atoms with Crippen LogP contribution < -0.4 is 25.4 Å². The van der Waals surface area contributed by atoms with E-state index in [1.165, 1.54) is 43.1 Å². The summed E-state index contributed by atoms with van der Waals surface area (Å²) in [6.07, 6.45) is 3.39. The summed E-state index contributed by atoms with van der Waals surface area (Å²) in [5.74, 6) is -1.34. The van der Waals surface area contributed by atoms with Crippen molar-refractivity contribution in [2.45, 2.75) is 12.8 Å². The largest absolute Gasteiger partial charge is 0.493 e. The zero-order chi connectivity index (χ0) is 30.1. The maximum Gasteiger partial charge on any atom is 0.469 e. The quantitative estimate of drug-likeness (QED) is 0.0957. The topological polar surface area (TPSA) is 177 Å². The number of nitrogens with one attached hydrogen (secondary N) is 3. The van der Waals surface area contributed by atoms with Crippen LogP contribution in [0.2, 0.25) is 0 Å². The molecule has 0 spiro atoms. The van der Waals surface area contributed by atoms with Gasteiger partial charge in [-0.2, -0.15) is 0 Å². The number of halogens is 2. The molecule has 0 aliphatic carbocycles. The van der Waals surface area contributed by atoms with Crippen molar-refractivity contribution in [2.24, 2.45) is 0 Å². The third kappa shape index (κ3) is 8.85. The highest BCUT2D eigenvalue weighted by atomic mass is 32.1. The second-order valence-corrected chi connectivity index (χ2v) is 11.0. The molecule has 0 saturated heterocycles. The minimum Gasteiger partial charge on any atom is -0.493 e. The number of ether oxygens (including phenoxy) is 2. The summed E-state index contributed by atoms with van der Waals surface area (Å²) in [5.41, 5.74) is 0.333. The molecule has 2 aromatic heterocycles. The number of nitrogens with zero attached hydrogens (tertiary/aromatic N) is 3. The van der Waals surface area contributed by atoms with Gasteiger partial charge in [0.25, 0.3) is 0 Å². The van der Waals surface area contributed by atoms with E-state index in [4.69, 9.17) is 19.3 Å². The van der Waals surface area contributed by atoms with Gasteiger partial charge in [0.05, 0.1) is 37.9 Å². The van der Waals surface area contributed by atoms with E-state index in [2.05, 4.69) is 35.4 Å². The number of carbonyl (C=O) groups is 1. The molecule has 0 fully saturated rings. The number of hydrogen-bond acceptors (Lipinski definition) is 11. The third-order valence-corrected chi connectivity index (χ3v) is 6.99. The van der Waals surface area contributed by atoms with E-state index in [1.54, 1.807) is 12.1 Å². The van der Waals surface area contributed by atoms with E-state index in [0.717, 1.165) is 6.07 Å². The summed E-state index contributed by atoms with van der Waals surface area (Å²) >= 11 is 1.20. The smallest absolute Gasteiger partial charge is 0.469 e. The third-order valence-electron chi connectivity index (χ3n) is 5.55. The maximum absolute atomic E-state index is 13.8. The number of amides is 1. The SMILES string of the molecule is COc1cc2c(Nc3ncc(CC(=O)Nc4cccc(F)c4F)s3)ncnc2cc1OCCCNCCOP(=O)(O)O. The van der Waals surface area contributed by atoms with Gasteiger partial charge in [0.1, 0.15) is 12.1 Å². The number of rotatable bonds is 15. The summed E-state index contributed by atoms with van der Waals surface area (Å²) in [6, 6.07) is 6.98. The normalized spacial score (nSPS) is 11.5. The Balaban J connectivity index is 1.34. The van der Waals surface area contributed by atoms with Crippen molar-refractivity contribution in [3.05, 3.63) is 59.4 Å². The van der Waals surface area contributed by atoms with Gasteiger partial charge >= 0.3 is 7.82 Å². The number of fused-ring (bicyclic) bond motifs is 1. The zero-order valence-electron chi connectivity index (χ0n) is 22.2. The molecule has 224 valence electrons. The van der Waals surface area contributed by atoms with Gasteiger partial charge in [0.15, 0.2) is 28.3 Å². The molecule has 0 aliphatic rings. The van der Waals surface area contributed by atoms with Gasteiger partial charge in [-0.05, 0) is 31.2 Å². The molecule has 2 aromatic carbocycles. The van der Waals surface area contributed by atoms with Crippen molar-refractivity contribution in [1.29, 1.82) is 0 Å². The molecular formula is C25H27F2N6O7PS. The van der Waals surface area contributed by atoms with Crippen LogP contribution in [0.25, 0.3) is 10.9 Å². The summed E-state index contributed by atoms with van der Waals surface area (Å²) < 4.78 is 53.6. The van der Waals surface area contributed by atoms with Crippen LogP contribution in [0.1, 0.15) is 11.3 Å². The van der Waals surface area contributed by atoms with E-state index >= 15 is 0 Å². The molecular weight excluding hydrogens is 597 g/mol. The molecule has 0 atom stereocenters. The van der Waals surface area contributed by atoms with Crippen molar-refractivity contribution in [3.63, 3.8) is 0 Å². The number of anilines is 3. The average molecular weight is 625 g/mol. The Bertz CT molecular complexity index is 1590. The maximum atomic E-state index is 13.8. The highest BCUT2D eigenvalue weighted by Crippen LogP contribution is 2.36. The Kier molecular flexibility index (Phi) is 10.7. The average Bonchev–Trinajstić information content (AvgIpc) is 3.38. The molecule has 1 amide bonds. The standard InChI is InChI=1S/C25H27F2N6O7PS/c1-38-20-11-16-19(12-21(20)39-8-3-6-28-7-9-40-41(35,36)37)30-14-31-24(16)33-25-29-13-15(42-25)10-22(34)32-18-5-2-4-17(26)23(18)27/h2,4-5,11-14,28H,3,6-10H2,1H3,(H,32,34)(H2,35,36,37)(H,29,30,31,33). The van der Waals surface area contributed by atoms with Crippen molar-refractivity contribution in [3.8, 4) is 11.5 Å². The fraction of sp³-hybridized carbons (Fsp3) is 0.280. The highest BCUT2D eigenvalue weighted by molar-refractivity contribution is 7.46. The second-order valence-electron chi connectivity index (χ2n) is 8.60. The fourth-order valence-electron chi connectivity index (χ4n) is 3.68. The van der Waals surface area contributed by atoms with Gasteiger partial charge in [0, 0.05) is 29.1 Å². The van der Waals surface area contributed by atoms with Crippen molar-refractivity contribution >= 4 is 52.6 Å².